The van der Waals surface area contributed by atoms with Crippen LogP contribution in [0.25, 0.3) is 0 Å². The monoisotopic (exact) mass is 395 g/mol. The van der Waals surface area contributed by atoms with Crippen LogP contribution in [0, 0.1) is 6.92 Å². The number of carbonyl (C=O) groups excluding carboxylic acids is 1. The molecule has 1 unspecified atom stereocenters. The molecule has 1 aliphatic heterocycles. The largest absolute Gasteiger partial charge is 0.444 e. The number of rotatable bonds is 4. The average Bonchev–Trinajstić information content (AvgIpc) is 2.55. The van der Waals surface area contributed by atoms with E-state index in [0.717, 1.165) is 29.4 Å². The molecule has 1 amide bonds. The molecule has 27 heavy (non-hydrogen) atoms. The molecule has 1 aromatic rings. The van der Waals surface area contributed by atoms with Gasteiger partial charge in [0.05, 0.1) is 0 Å². The summed E-state index contributed by atoms with van der Waals surface area (Å²) in [6, 6.07) is 4.86. The van der Waals surface area contributed by atoms with Gasteiger partial charge in [0, 0.05) is 49.0 Å². The molecule has 6 heteroatoms. The van der Waals surface area contributed by atoms with E-state index in [4.69, 9.17) is 16.3 Å². The Morgan fingerprint density at radius 2 is 1.74 bits per heavy atom. The number of amides is 1. The maximum Gasteiger partial charge on any atom is 0.410 e. The summed E-state index contributed by atoms with van der Waals surface area (Å²) < 4.78 is 5.50. The van der Waals surface area contributed by atoms with E-state index >= 15 is 0 Å². The molecular weight excluding hydrogens is 362 g/mol. The van der Waals surface area contributed by atoms with E-state index in [0.29, 0.717) is 19.1 Å². The molecule has 1 fully saturated rings. The maximum absolute atomic E-state index is 12.3. The van der Waals surface area contributed by atoms with Crippen molar-refractivity contribution in [3.05, 3.63) is 28.3 Å². The summed E-state index contributed by atoms with van der Waals surface area (Å²) in [5, 5.41) is 4.36. The van der Waals surface area contributed by atoms with Gasteiger partial charge in [-0.3, -0.25) is 0 Å². The Balaban J connectivity index is 2.15. The zero-order valence-electron chi connectivity index (χ0n) is 17.7. The highest BCUT2D eigenvalue weighted by atomic mass is 35.5. The number of anilines is 1. The van der Waals surface area contributed by atoms with Gasteiger partial charge in [-0.1, -0.05) is 31.5 Å². The van der Waals surface area contributed by atoms with Crippen molar-refractivity contribution in [1.82, 2.24) is 10.2 Å². The van der Waals surface area contributed by atoms with Crippen LogP contribution >= 0.6 is 11.6 Å². The Morgan fingerprint density at radius 1 is 1.15 bits per heavy atom. The molecule has 0 bridgehead atoms. The van der Waals surface area contributed by atoms with Gasteiger partial charge in [-0.15, -0.1) is 0 Å². The minimum Gasteiger partial charge on any atom is -0.444 e. The number of hydrogen-bond acceptors (Lipinski definition) is 4. The Bertz CT molecular complexity index is 662. The second-order valence-electron chi connectivity index (χ2n) is 8.66. The summed E-state index contributed by atoms with van der Waals surface area (Å²) in [5.74, 6) is 0. The Labute approximate surface area is 169 Å². The topological polar surface area (TPSA) is 44.8 Å². The predicted octanol–water partition coefficient (Wildman–Crippen LogP) is 4.76. The zero-order chi connectivity index (χ0) is 20.4. The number of carbonyl (C=O) groups is 1. The minimum atomic E-state index is -0.468. The lowest BCUT2D eigenvalue weighted by atomic mass is 10.0. The van der Waals surface area contributed by atoms with Gasteiger partial charge in [0.25, 0.3) is 0 Å². The van der Waals surface area contributed by atoms with Gasteiger partial charge in [-0.2, -0.15) is 0 Å². The summed E-state index contributed by atoms with van der Waals surface area (Å²) in [5.41, 5.74) is 3.01. The van der Waals surface area contributed by atoms with Gasteiger partial charge < -0.3 is 19.9 Å². The normalized spacial score (nSPS) is 16.6. The van der Waals surface area contributed by atoms with Crippen molar-refractivity contribution >= 4 is 23.4 Å². The Morgan fingerprint density at radius 3 is 2.26 bits per heavy atom. The van der Waals surface area contributed by atoms with Gasteiger partial charge in [-0.05, 0) is 51.8 Å². The number of benzene rings is 1. The summed E-state index contributed by atoms with van der Waals surface area (Å²) in [6.45, 7) is 17.0. The van der Waals surface area contributed by atoms with Crippen LogP contribution in [0.1, 0.15) is 58.7 Å². The van der Waals surface area contributed by atoms with Crippen molar-refractivity contribution in [3.8, 4) is 0 Å². The van der Waals surface area contributed by atoms with E-state index in [9.17, 15) is 4.79 Å². The summed E-state index contributed by atoms with van der Waals surface area (Å²) >= 11 is 6.44. The van der Waals surface area contributed by atoms with E-state index in [2.05, 4.69) is 43.1 Å². The number of nitrogens with one attached hydrogen (secondary N) is 1. The zero-order valence-corrected chi connectivity index (χ0v) is 18.5. The van der Waals surface area contributed by atoms with E-state index in [1.165, 1.54) is 5.56 Å². The molecule has 0 radical (unpaired) electrons. The fourth-order valence-electron chi connectivity index (χ4n) is 3.36. The third kappa shape index (κ3) is 6.01. The number of ether oxygens (including phenoxy) is 1. The minimum absolute atomic E-state index is 0.222. The van der Waals surface area contributed by atoms with Crippen LogP contribution in [0.3, 0.4) is 0 Å². The van der Waals surface area contributed by atoms with Gasteiger partial charge in [0.15, 0.2) is 0 Å². The van der Waals surface area contributed by atoms with Gasteiger partial charge in [-0.25, -0.2) is 4.79 Å². The summed E-state index contributed by atoms with van der Waals surface area (Å²) in [7, 11) is 0. The third-order valence-electron chi connectivity index (χ3n) is 4.63. The molecule has 152 valence electrons. The van der Waals surface area contributed by atoms with Crippen molar-refractivity contribution in [2.75, 3.05) is 31.1 Å². The highest BCUT2D eigenvalue weighted by Crippen LogP contribution is 2.33. The van der Waals surface area contributed by atoms with Crippen molar-refractivity contribution in [1.29, 1.82) is 0 Å². The first kappa shape index (κ1) is 21.8. The highest BCUT2D eigenvalue weighted by Gasteiger charge is 2.27. The van der Waals surface area contributed by atoms with Gasteiger partial charge >= 0.3 is 6.09 Å². The molecule has 0 aromatic heterocycles. The number of halogens is 1. The van der Waals surface area contributed by atoms with Crippen molar-refractivity contribution in [2.45, 2.75) is 66.2 Å². The van der Waals surface area contributed by atoms with Crippen molar-refractivity contribution < 1.29 is 9.53 Å². The molecule has 5 nitrogen and oxygen atoms in total. The molecule has 1 saturated heterocycles. The predicted molar refractivity (Wildman–Crippen MR) is 113 cm³/mol. The smallest absolute Gasteiger partial charge is 0.410 e. The van der Waals surface area contributed by atoms with Crippen LogP contribution in [0.4, 0.5) is 10.5 Å². The second kappa shape index (κ2) is 8.70. The summed E-state index contributed by atoms with van der Waals surface area (Å²) in [4.78, 5) is 16.4. The van der Waals surface area contributed by atoms with Crippen LogP contribution < -0.4 is 10.2 Å². The quantitative estimate of drug-likeness (QED) is 0.797. The van der Waals surface area contributed by atoms with Crippen molar-refractivity contribution in [2.24, 2.45) is 0 Å². The van der Waals surface area contributed by atoms with Gasteiger partial charge in [0.2, 0.25) is 0 Å². The molecule has 1 aliphatic rings. The number of aryl methyl sites for hydroxylation is 1. The van der Waals surface area contributed by atoms with E-state index in [-0.39, 0.29) is 12.1 Å². The molecule has 0 aliphatic carbocycles. The Kier molecular flexibility index (Phi) is 7.03. The van der Waals surface area contributed by atoms with Crippen LogP contribution in [-0.4, -0.2) is 48.8 Å². The van der Waals surface area contributed by atoms with Crippen molar-refractivity contribution in [3.63, 3.8) is 0 Å². The molecular formula is C21H34ClN3O2. The average molecular weight is 396 g/mol. The van der Waals surface area contributed by atoms with E-state index in [1.54, 1.807) is 4.90 Å². The fraction of sp³-hybridized carbons (Fsp3) is 0.667. The molecule has 2 rings (SSSR count). The highest BCUT2D eigenvalue weighted by molar-refractivity contribution is 6.31. The van der Waals surface area contributed by atoms with Crippen LogP contribution in [0.15, 0.2) is 12.1 Å². The lowest BCUT2D eigenvalue weighted by Gasteiger charge is -2.38. The number of piperazine rings is 1. The second-order valence-corrected chi connectivity index (χ2v) is 9.06. The lowest BCUT2D eigenvalue weighted by molar-refractivity contribution is 0.0240. The molecule has 1 atom stereocenters. The van der Waals surface area contributed by atoms with E-state index in [1.807, 2.05) is 27.7 Å². The lowest BCUT2D eigenvalue weighted by Crippen LogP contribution is -2.50. The molecule has 1 heterocycles. The van der Waals surface area contributed by atoms with Gasteiger partial charge in [0.1, 0.15) is 5.60 Å². The fourth-order valence-corrected chi connectivity index (χ4v) is 3.52. The Hall–Kier alpha value is -1.46. The van der Waals surface area contributed by atoms with Crippen LogP contribution in [-0.2, 0) is 4.74 Å². The maximum atomic E-state index is 12.3. The first-order valence-electron chi connectivity index (χ1n) is 9.77. The number of nitrogens with zero attached hydrogens (tertiary/aromatic N) is 2. The molecule has 1 aromatic carbocycles. The molecule has 0 spiro atoms. The van der Waals surface area contributed by atoms with E-state index < -0.39 is 5.60 Å². The number of hydrogen-bond donors (Lipinski definition) is 1. The third-order valence-corrected chi connectivity index (χ3v) is 5.04. The SMILES string of the molecule is Cc1cc(C(C)NC(C)C)c(N2CCN(C(=O)OC(C)(C)C)CC2)cc1Cl. The van der Waals surface area contributed by atoms with Crippen LogP contribution in [0.5, 0.6) is 0 Å². The first-order valence-corrected chi connectivity index (χ1v) is 10.1. The van der Waals surface area contributed by atoms with Crippen LogP contribution in [0.2, 0.25) is 5.02 Å². The standard InChI is InChI=1S/C21H34ClN3O2/c1-14(2)23-16(4)17-12-15(3)18(22)13-19(17)24-8-10-25(11-9-24)20(26)27-21(5,6)7/h12-14,16,23H,8-11H2,1-7H3. The summed E-state index contributed by atoms with van der Waals surface area (Å²) in [6.07, 6.45) is -0.237. The molecule has 0 saturated carbocycles. The first-order chi connectivity index (χ1) is 12.5. The molecule has 1 N–H and O–H groups in total.